The predicted molar refractivity (Wildman–Crippen MR) is 124 cm³/mol. The standard InChI is InChI=1S/C23H34N6O2/c1-6-7-8-11-29-14-25-19-20(24-13-17-12-15(2)9-10-18(17)30)27-22(28-21(19)29)26-16(3)23(4,5)31/h9-10,12,14,16,30-31H,6-8,11,13H2,1-5H3,(H2,24,26,27,28). The Morgan fingerprint density at radius 1 is 1.19 bits per heavy atom. The van der Waals surface area contributed by atoms with Crippen LogP contribution >= 0.6 is 0 Å². The number of hydrogen-bond acceptors (Lipinski definition) is 7. The minimum atomic E-state index is -0.930. The van der Waals surface area contributed by atoms with E-state index in [0.29, 0.717) is 23.8 Å². The van der Waals surface area contributed by atoms with E-state index in [2.05, 4.69) is 27.5 Å². The number of imidazole rings is 1. The first kappa shape index (κ1) is 22.8. The maximum absolute atomic E-state index is 10.3. The second-order valence-corrected chi connectivity index (χ2v) is 8.72. The van der Waals surface area contributed by atoms with Crippen molar-refractivity contribution in [1.29, 1.82) is 0 Å². The highest BCUT2D eigenvalue weighted by Crippen LogP contribution is 2.25. The van der Waals surface area contributed by atoms with Crippen molar-refractivity contribution in [3.8, 4) is 5.75 Å². The van der Waals surface area contributed by atoms with Crippen molar-refractivity contribution in [2.45, 2.75) is 78.6 Å². The van der Waals surface area contributed by atoms with Crippen LogP contribution in [0, 0.1) is 6.92 Å². The average Bonchev–Trinajstić information content (AvgIpc) is 3.11. The molecule has 3 rings (SSSR count). The summed E-state index contributed by atoms with van der Waals surface area (Å²) in [7, 11) is 0. The maximum atomic E-state index is 10.3. The molecule has 0 saturated heterocycles. The number of phenolic OH excluding ortho intramolecular Hbond substituents is 1. The lowest BCUT2D eigenvalue weighted by Gasteiger charge is -2.26. The molecule has 3 aromatic rings. The SMILES string of the molecule is CCCCCn1cnc2c(NCc3cc(C)ccc3O)nc(NC(C)C(C)(C)O)nc21. The van der Waals surface area contributed by atoms with Crippen LogP contribution in [0.2, 0.25) is 0 Å². The summed E-state index contributed by atoms with van der Waals surface area (Å²) in [5, 5.41) is 27.0. The van der Waals surface area contributed by atoms with Gasteiger partial charge in [0.05, 0.1) is 18.0 Å². The van der Waals surface area contributed by atoms with E-state index in [-0.39, 0.29) is 11.8 Å². The van der Waals surface area contributed by atoms with Crippen molar-refractivity contribution in [1.82, 2.24) is 19.5 Å². The fourth-order valence-corrected chi connectivity index (χ4v) is 3.23. The molecule has 0 radical (unpaired) electrons. The minimum Gasteiger partial charge on any atom is -0.508 e. The zero-order valence-electron chi connectivity index (χ0n) is 19.1. The summed E-state index contributed by atoms with van der Waals surface area (Å²) in [5.74, 6) is 1.25. The first-order valence-corrected chi connectivity index (χ1v) is 10.9. The van der Waals surface area contributed by atoms with Crippen LogP contribution < -0.4 is 10.6 Å². The molecule has 0 amide bonds. The molecule has 168 valence electrons. The zero-order valence-corrected chi connectivity index (χ0v) is 19.1. The smallest absolute Gasteiger partial charge is 0.227 e. The molecular formula is C23H34N6O2. The summed E-state index contributed by atoms with van der Waals surface area (Å²) in [6.45, 7) is 10.8. The predicted octanol–water partition coefficient (Wildman–Crippen LogP) is 4.21. The molecule has 2 heterocycles. The van der Waals surface area contributed by atoms with Gasteiger partial charge >= 0.3 is 0 Å². The molecule has 0 fully saturated rings. The van der Waals surface area contributed by atoms with Crippen molar-refractivity contribution in [2.75, 3.05) is 10.6 Å². The first-order valence-electron chi connectivity index (χ1n) is 10.9. The molecule has 1 atom stereocenters. The van der Waals surface area contributed by atoms with E-state index < -0.39 is 5.60 Å². The highest BCUT2D eigenvalue weighted by molar-refractivity contribution is 5.84. The van der Waals surface area contributed by atoms with Gasteiger partial charge in [0.1, 0.15) is 5.75 Å². The van der Waals surface area contributed by atoms with Crippen molar-refractivity contribution in [3.05, 3.63) is 35.7 Å². The quantitative estimate of drug-likeness (QED) is 0.360. The van der Waals surface area contributed by atoms with Crippen LogP contribution in [-0.2, 0) is 13.1 Å². The van der Waals surface area contributed by atoms with Gasteiger partial charge in [-0.2, -0.15) is 9.97 Å². The third-order valence-electron chi connectivity index (χ3n) is 5.55. The van der Waals surface area contributed by atoms with Crippen LogP contribution in [0.4, 0.5) is 11.8 Å². The molecule has 8 nitrogen and oxygen atoms in total. The van der Waals surface area contributed by atoms with Gasteiger partial charge in [-0.25, -0.2) is 4.98 Å². The number of fused-ring (bicyclic) bond motifs is 1. The van der Waals surface area contributed by atoms with E-state index in [9.17, 15) is 10.2 Å². The molecule has 0 bridgehead atoms. The molecule has 0 saturated carbocycles. The topological polar surface area (TPSA) is 108 Å². The van der Waals surface area contributed by atoms with Crippen LogP contribution in [0.3, 0.4) is 0 Å². The number of aromatic hydroxyl groups is 1. The van der Waals surface area contributed by atoms with Gasteiger partial charge in [-0.15, -0.1) is 0 Å². The molecule has 0 aliphatic rings. The lowest BCUT2D eigenvalue weighted by Crippen LogP contribution is -2.39. The molecule has 4 N–H and O–H groups in total. The number of rotatable bonds is 10. The van der Waals surface area contributed by atoms with Crippen LogP contribution in [0.15, 0.2) is 24.5 Å². The monoisotopic (exact) mass is 426 g/mol. The number of nitrogens with one attached hydrogen (secondary N) is 2. The Morgan fingerprint density at radius 3 is 2.68 bits per heavy atom. The third-order valence-corrected chi connectivity index (χ3v) is 5.55. The number of benzene rings is 1. The lowest BCUT2D eigenvalue weighted by molar-refractivity contribution is 0.0646. The van der Waals surface area contributed by atoms with Crippen LogP contribution in [0.5, 0.6) is 5.75 Å². The first-order chi connectivity index (χ1) is 14.7. The van der Waals surface area contributed by atoms with Crippen molar-refractivity contribution in [3.63, 3.8) is 0 Å². The number of unbranched alkanes of at least 4 members (excludes halogenated alkanes) is 2. The van der Waals surface area contributed by atoms with Gasteiger partial charge in [0.15, 0.2) is 17.0 Å². The van der Waals surface area contributed by atoms with E-state index in [1.165, 1.54) is 0 Å². The van der Waals surface area contributed by atoms with Crippen LogP contribution in [0.25, 0.3) is 11.2 Å². The third kappa shape index (κ3) is 5.64. The second-order valence-electron chi connectivity index (χ2n) is 8.72. The largest absolute Gasteiger partial charge is 0.508 e. The Morgan fingerprint density at radius 2 is 1.97 bits per heavy atom. The maximum Gasteiger partial charge on any atom is 0.227 e. The van der Waals surface area contributed by atoms with Gasteiger partial charge in [-0.05, 0) is 40.2 Å². The van der Waals surface area contributed by atoms with Crippen LogP contribution in [-0.4, -0.2) is 41.4 Å². The number of anilines is 2. The zero-order chi connectivity index (χ0) is 22.6. The molecule has 31 heavy (non-hydrogen) atoms. The summed E-state index contributed by atoms with van der Waals surface area (Å²) in [5.41, 5.74) is 2.36. The molecule has 8 heteroatoms. The van der Waals surface area contributed by atoms with Gasteiger partial charge in [-0.3, -0.25) is 0 Å². The Balaban J connectivity index is 1.94. The second kappa shape index (κ2) is 9.51. The van der Waals surface area contributed by atoms with E-state index >= 15 is 0 Å². The van der Waals surface area contributed by atoms with Gasteiger partial charge in [-0.1, -0.05) is 37.5 Å². The molecule has 2 aromatic heterocycles. The van der Waals surface area contributed by atoms with Crippen molar-refractivity contribution >= 4 is 22.9 Å². The summed E-state index contributed by atoms with van der Waals surface area (Å²) < 4.78 is 2.04. The Bertz CT molecular complexity index is 1020. The summed E-state index contributed by atoms with van der Waals surface area (Å²) in [6, 6.07) is 5.26. The van der Waals surface area contributed by atoms with Crippen LogP contribution in [0.1, 0.15) is 58.1 Å². The number of nitrogens with zero attached hydrogens (tertiary/aromatic N) is 4. The fraction of sp³-hybridized carbons (Fsp3) is 0.522. The Kier molecular flexibility index (Phi) is 7.00. The Hall–Kier alpha value is -2.87. The highest BCUT2D eigenvalue weighted by Gasteiger charge is 2.24. The minimum absolute atomic E-state index is 0.238. The lowest BCUT2D eigenvalue weighted by atomic mass is 10.0. The summed E-state index contributed by atoms with van der Waals surface area (Å²) >= 11 is 0. The number of phenols is 1. The van der Waals surface area contributed by atoms with E-state index in [0.717, 1.165) is 42.6 Å². The normalized spacial score (nSPS) is 12.8. The van der Waals surface area contributed by atoms with E-state index in [1.54, 1.807) is 26.2 Å². The molecular weight excluding hydrogens is 392 g/mol. The molecule has 0 spiro atoms. The number of aromatic nitrogens is 4. The average molecular weight is 427 g/mol. The molecule has 0 aliphatic carbocycles. The molecule has 1 unspecified atom stereocenters. The van der Waals surface area contributed by atoms with E-state index in [1.807, 2.05) is 30.5 Å². The van der Waals surface area contributed by atoms with Gasteiger partial charge < -0.3 is 25.4 Å². The number of aryl methyl sites for hydroxylation is 2. The number of aliphatic hydroxyl groups is 1. The summed E-state index contributed by atoms with van der Waals surface area (Å²) in [4.78, 5) is 13.9. The van der Waals surface area contributed by atoms with Gasteiger partial charge in [0.2, 0.25) is 5.95 Å². The van der Waals surface area contributed by atoms with Crippen molar-refractivity contribution in [2.24, 2.45) is 0 Å². The Labute approximate surface area is 183 Å². The van der Waals surface area contributed by atoms with Crippen molar-refractivity contribution < 1.29 is 10.2 Å². The van der Waals surface area contributed by atoms with E-state index in [4.69, 9.17) is 4.98 Å². The highest BCUT2D eigenvalue weighted by atomic mass is 16.3. The number of hydrogen-bond donors (Lipinski definition) is 4. The fourth-order valence-electron chi connectivity index (χ4n) is 3.23. The molecule has 0 aliphatic heterocycles. The van der Waals surface area contributed by atoms with Gasteiger partial charge in [0.25, 0.3) is 0 Å². The molecule has 1 aromatic carbocycles. The van der Waals surface area contributed by atoms with Gasteiger partial charge in [0, 0.05) is 18.7 Å². The summed E-state index contributed by atoms with van der Waals surface area (Å²) in [6.07, 6.45) is 5.13.